The average molecular weight is 200 g/mol. The molecule has 1 aromatic carbocycles. The molecule has 0 saturated heterocycles. The summed E-state index contributed by atoms with van der Waals surface area (Å²) in [5.41, 5.74) is 7.36. The molecule has 0 saturated carbocycles. The maximum Gasteiger partial charge on any atom is 0.237 e. The van der Waals surface area contributed by atoms with Crippen LogP contribution >= 0.6 is 0 Å². The van der Waals surface area contributed by atoms with Gasteiger partial charge < -0.3 is 10.5 Å². The van der Waals surface area contributed by atoms with E-state index in [0.717, 1.165) is 5.56 Å². The third-order valence-corrected chi connectivity index (χ3v) is 2.02. The molecular weight excluding hydrogens is 188 g/mol. The first kappa shape index (κ1) is 9.52. The van der Waals surface area contributed by atoms with Crippen molar-refractivity contribution in [3.05, 3.63) is 54.2 Å². The van der Waals surface area contributed by atoms with Crippen molar-refractivity contribution in [2.24, 2.45) is 0 Å². The predicted molar refractivity (Wildman–Crippen MR) is 59.4 cm³/mol. The first-order chi connectivity index (χ1) is 7.36. The molecule has 0 unspecified atom stereocenters. The summed E-state index contributed by atoms with van der Waals surface area (Å²) in [7, 11) is 0. The first-order valence-electron chi connectivity index (χ1n) is 4.73. The van der Waals surface area contributed by atoms with Crippen LogP contribution in [0, 0.1) is 0 Å². The molecule has 0 aliphatic heterocycles. The van der Waals surface area contributed by atoms with Crippen LogP contribution in [0.25, 0.3) is 0 Å². The zero-order valence-electron chi connectivity index (χ0n) is 8.26. The van der Waals surface area contributed by atoms with Gasteiger partial charge in [-0.05, 0) is 17.7 Å². The van der Waals surface area contributed by atoms with Crippen LogP contribution in [0.3, 0.4) is 0 Å². The third kappa shape index (κ3) is 2.47. The fourth-order valence-electron chi connectivity index (χ4n) is 1.25. The van der Waals surface area contributed by atoms with Crippen LogP contribution in [0.2, 0.25) is 0 Å². The number of hydrogen-bond donors (Lipinski definition) is 1. The quantitative estimate of drug-likeness (QED) is 0.826. The lowest BCUT2D eigenvalue weighted by Gasteiger charge is -2.06. The molecule has 0 aliphatic carbocycles. The molecule has 2 N–H and O–H groups in total. The third-order valence-electron chi connectivity index (χ3n) is 2.02. The number of nitrogen functional groups attached to an aromatic ring is 1. The highest BCUT2D eigenvalue weighted by atomic mass is 16.5. The monoisotopic (exact) mass is 200 g/mol. The lowest BCUT2D eigenvalue weighted by atomic mass is 10.2. The van der Waals surface area contributed by atoms with Crippen molar-refractivity contribution >= 4 is 5.69 Å². The van der Waals surface area contributed by atoms with Gasteiger partial charge in [0.05, 0.1) is 5.69 Å². The summed E-state index contributed by atoms with van der Waals surface area (Å²) in [6.07, 6.45) is 1.66. The highest BCUT2D eigenvalue weighted by Gasteiger charge is 2.00. The van der Waals surface area contributed by atoms with Crippen LogP contribution in [0.1, 0.15) is 5.56 Å². The number of hydrogen-bond acceptors (Lipinski definition) is 3. The van der Waals surface area contributed by atoms with E-state index >= 15 is 0 Å². The van der Waals surface area contributed by atoms with E-state index in [1.807, 2.05) is 30.3 Å². The Hall–Kier alpha value is -2.03. The van der Waals surface area contributed by atoms with Crippen molar-refractivity contribution in [1.82, 2.24) is 4.98 Å². The highest BCUT2D eigenvalue weighted by Crippen LogP contribution is 2.17. The van der Waals surface area contributed by atoms with Crippen molar-refractivity contribution in [2.45, 2.75) is 6.61 Å². The Morgan fingerprint density at radius 1 is 1.07 bits per heavy atom. The summed E-state index contributed by atoms with van der Waals surface area (Å²) >= 11 is 0. The van der Waals surface area contributed by atoms with Gasteiger partial charge in [-0.25, -0.2) is 4.98 Å². The molecule has 3 nitrogen and oxygen atoms in total. The maximum atomic E-state index is 5.70. The number of aromatic nitrogens is 1. The number of pyridine rings is 1. The van der Waals surface area contributed by atoms with Crippen molar-refractivity contribution in [2.75, 3.05) is 5.73 Å². The van der Waals surface area contributed by atoms with Crippen LogP contribution in [-0.2, 0) is 6.61 Å². The lowest BCUT2D eigenvalue weighted by Crippen LogP contribution is -2.00. The Balaban J connectivity index is 2.03. The molecule has 1 heterocycles. The molecule has 15 heavy (non-hydrogen) atoms. The Kier molecular flexibility index (Phi) is 2.83. The van der Waals surface area contributed by atoms with Gasteiger partial charge in [-0.1, -0.05) is 30.3 Å². The molecule has 0 amide bonds. The number of benzene rings is 1. The molecule has 0 bridgehead atoms. The second-order valence-corrected chi connectivity index (χ2v) is 3.17. The fourth-order valence-corrected chi connectivity index (χ4v) is 1.25. The summed E-state index contributed by atoms with van der Waals surface area (Å²) < 4.78 is 5.49. The number of anilines is 1. The van der Waals surface area contributed by atoms with E-state index in [4.69, 9.17) is 10.5 Å². The zero-order valence-corrected chi connectivity index (χ0v) is 8.26. The predicted octanol–water partition coefficient (Wildman–Crippen LogP) is 2.24. The molecule has 2 aromatic rings. The van der Waals surface area contributed by atoms with Crippen molar-refractivity contribution in [3.63, 3.8) is 0 Å². The van der Waals surface area contributed by atoms with Crippen LogP contribution in [0.15, 0.2) is 48.7 Å². The van der Waals surface area contributed by atoms with E-state index in [-0.39, 0.29) is 0 Å². The van der Waals surface area contributed by atoms with Gasteiger partial charge in [-0.15, -0.1) is 0 Å². The Labute approximate surface area is 88.5 Å². The lowest BCUT2D eigenvalue weighted by molar-refractivity contribution is 0.296. The molecular formula is C12H12N2O. The van der Waals surface area contributed by atoms with Gasteiger partial charge >= 0.3 is 0 Å². The van der Waals surface area contributed by atoms with Crippen molar-refractivity contribution in [1.29, 1.82) is 0 Å². The second-order valence-electron chi connectivity index (χ2n) is 3.17. The first-order valence-corrected chi connectivity index (χ1v) is 4.73. The van der Waals surface area contributed by atoms with Crippen LogP contribution in [0.4, 0.5) is 5.69 Å². The van der Waals surface area contributed by atoms with Crippen LogP contribution < -0.4 is 10.5 Å². The van der Waals surface area contributed by atoms with Gasteiger partial charge in [-0.2, -0.15) is 0 Å². The summed E-state index contributed by atoms with van der Waals surface area (Å²) in [6, 6.07) is 13.5. The van der Waals surface area contributed by atoms with E-state index < -0.39 is 0 Å². The summed E-state index contributed by atoms with van der Waals surface area (Å²) in [4.78, 5) is 4.05. The highest BCUT2D eigenvalue weighted by molar-refractivity contribution is 5.46. The topological polar surface area (TPSA) is 48.1 Å². The van der Waals surface area contributed by atoms with Crippen LogP contribution in [-0.4, -0.2) is 4.98 Å². The van der Waals surface area contributed by atoms with Gasteiger partial charge in [0.15, 0.2) is 0 Å². The van der Waals surface area contributed by atoms with Gasteiger partial charge in [0.25, 0.3) is 0 Å². The van der Waals surface area contributed by atoms with Gasteiger partial charge in [0.1, 0.15) is 6.61 Å². The Morgan fingerprint density at radius 2 is 1.87 bits per heavy atom. The normalized spacial score (nSPS) is 9.87. The standard InChI is InChI=1S/C12H12N2O/c13-11-7-4-8-14-12(11)15-9-10-5-2-1-3-6-10/h1-8H,9,13H2. The van der Waals surface area contributed by atoms with E-state index in [0.29, 0.717) is 18.2 Å². The molecule has 2 rings (SSSR count). The zero-order chi connectivity index (χ0) is 10.5. The number of nitrogens with two attached hydrogens (primary N) is 1. The smallest absolute Gasteiger partial charge is 0.237 e. The minimum absolute atomic E-state index is 0.487. The second kappa shape index (κ2) is 4.46. The number of ether oxygens (including phenoxy) is 1. The van der Waals surface area contributed by atoms with E-state index in [1.54, 1.807) is 18.3 Å². The van der Waals surface area contributed by atoms with E-state index in [9.17, 15) is 0 Å². The minimum Gasteiger partial charge on any atom is -0.471 e. The van der Waals surface area contributed by atoms with E-state index in [1.165, 1.54) is 0 Å². The number of nitrogens with zero attached hydrogens (tertiary/aromatic N) is 1. The average Bonchev–Trinajstić information content (AvgIpc) is 2.29. The molecule has 0 radical (unpaired) electrons. The molecule has 0 aliphatic rings. The van der Waals surface area contributed by atoms with Gasteiger partial charge in [0, 0.05) is 6.20 Å². The van der Waals surface area contributed by atoms with Gasteiger partial charge in [0.2, 0.25) is 5.88 Å². The maximum absolute atomic E-state index is 5.70. The number of rotatable bonds is 3. The molecule has 0 atom stereocenters. The van der Waals surface area contributed by atoms with Gasteiger partial charge in [-0.3, -0.25) is 0 Å². The summed E-state index contributed by atoms with van der Waals surface area (Å²) in [6.45, 7) is 0.488. The molecule has 0 spiro atoms. The van der Waals surface area contributed by atoms with Crippen LogP contribution in [0.5, 0.6) is 5.88 Å². The minimum atomic E-state index is 0.487. The summed E-state index contributed by atoms with van der Waals surface area (Å²) in [5, 5.41) is 0. The Morgan fingerprint density at radius 3 is 2.60 bits per heavy atom. The SMILES string of the molecule is Nc1cccnc1OCc1ccccc1. The molecule has 0 fully saturated rings. The molecule has 1 aromatic heterocycles. The fraction of sp³-hybridized carbons (Fsp3) is 0.0833. The largest absolute Gasteiger partial charge is 0.471 e. The molecule has 3 heteroatoms. The summed E-state index contributed by atoms with van der Waals surface area (Å²) in [5.74, 6) is 0.487. The van der Waals surface area contributed by atoms with Crippen molar-refractivity contribution < 1.29 is 4.74 Å². The Bertz CT molecular complexity index is 429. The van der Waals surface area contributed by atoms with Crippen molar-refractivity contribution in [3.8, 4) is 5.88 Å². The molecule has 76 valence electrons. The van der Waals surface area contributed by atoms with E-state index in [2.05, 4.69) is 4.98 Å².